The Hall–Kier alpha value is -1.03. The molecule has 1 aliphatic carbocycles. The number of nitrogen functional groups attached to an aromatic ring is 1. The van der Waals surface area contributed by atoms with Crippen LogP contribution in [0, 0.1) is 0 Å². The fourth-order valence-electron chi connectivity index (χ4n) is 2.22. The second-order valence-electron chi connectivity index (χ2n) is 4.47. The first-order valence-electron chi connectivity index (χ1n) is 5.30. The zero-order valence-electron chi connectivity index (χ0n) is 8.53. The number of aromatic nitrogens is 2. The lowest BCUT2D eigenvalue weighted by molar-refractivity contribution is 0.300. The molecule has 4 nitrogen and oxygen atoms in total. The van der Waals surface area contributed by atoms with Gasteiger partial charge in [0.05, 0.1) is 11.7 Å². The highest BCUT2D eigenvalue weighted by Gasteiger charge is 2.31. The average Bonchev–Trinajstić information content (AvgIpc) is 2.93. The molecule has 0 unspecified atom stereocenters. The number of hydrogen-bond acceptors (Lipinski definition) is 3. The van der Waals surface area contributed by atoms with E-state index in [2.05, 4.69) is 21.7 Å². The predicted octanol–water partition coefficient (Wildman–Crippen LogP) is 0.788. The van der Waals surface area contributed by atoms with E-state index in [4.69, 9.17) is 5.73 Å². The summed E-state index contributed by atoms with van der Waals surface area (Å²) in [5, 5.41) is 4.46. The Bertz CT molecular complexity index is 364. The summed E-state index contributed by atoms with van der Waals surface area (Å²) in [6, 6.07) is 0.646. The topological polar surface area (TPSA) is 47.1 Å². The molecule has 1 aliphatic heterocycles. The van der Waals surface area contributed by atoms with Gasteiger partial charge in [-0.05, 0) is 26.3 Å². The Labute approximate surface area is 83.7 Å². The van der Waals surface area contributed by atoms with E-state index in [0.29, 0.717) is 6.04 Å². The van der Waals surface area contributed by atoms with Crippen LogP contribution in [0.2, 0.25) is 0 Å². The van der Waals surface area contributed by atoms with Crippen LogP contribution in [0.25, 0.3) is 0 Å². The smallest absolute Gasteiger partial charge is 0.149 e. The van der Waals surface area contributed by atoms with Crippen LogP contribution in [0.4, 0.5) is 5.82 Å². The lowest BCUT2D eigenvalue weighted by Gasteiger charge is -2.23. The summed E-state index contributed by atoms with van der Waals surface area (Å²) >= 11 is 0. The van der Waals surface area contributed by atoms with E-state index >= 15 is 0 Å². The lowest BCUT2D eigenvalue weighted by Crippen LogP contribution is -2.27. The number of hydrogen-bond donors (Lipinski definition) is 1. The fraction of sp³-hybridized carbons (Fsp3) is 0.700. The zero-order chi connectivity index (χ0) is 9.71. The number of anilines is 1. The quantitative estimate of drug-likeness (QED) is 0.715. The van der Waals surface area contributed by atoms with Crippen molar-refractivity contribution in [1.82, 2.24) is 14.7 Å². The molecule has 1 aromatic rings. The van der Waals surface area contributed by atoms with E-state index in [1.165, 1.54) is 24.1 Å². The van der Waals surface area contributed by atoms with Gasteiger partial charge in [-0.3, -0.25) is 4.68 Å². The Morgan fingerprint density at radius 1 is 1.43 bits per heavy atom. The molecule has 0 radical (unpaired) electrons. The van der Waals surface area contributed by atoms with E-state index in [-0.39, 0.29) is 0 Å². The second kappa shape index (κ2) is 2.73. The normalized spacial score (nSPS) is 22.4. The Kier molecular flexibility index (Phi) is 1.62. The van der Waals surface area contributed by atoms with Crippen LogP contribution in [0.5, 0.6) is 0 Å². The van der Waals surface area contributed by atoms with E-state index in [9.17, 15) is 0 Å². The molecular formula is C10H16N4. The lowest BCUT2D eigenvalue weighted by atomic mass is 10.1. The van der Waals surface area contributed by atoms with Crippen LogP contribution in [0.1, 0.15) is 30.1 Å². The number of nitrogens with zero attached hydrogens (tertiary/aromatic N) is 3. The molecular weight excluding hydrogens is 176 g/mol. The van der Waals surface area contributed by atoms with Crippen molar-refractivity contribution in [3.8, 4) is 0 Å². The maximum absolute atomic E-state index is 5.92. The maximum Gasteiger partial charge on any atom is 0.149 e. The predicted molar refractivity (Wildman–Crippen MR) is 54.9 cm³/mol. The average molecular weight is 192 g/mol. The van der Waals surface area contributed by atoms with Crippen molar-refractivity contribution in [2.75, 3.05) is 19.3 Å². The van der Waals surface area contributed by atoms with Gasteiger partial charge >= 0.3 is 0 Å². The van der Waals surface area contributed by atoms with E-state index in [1.807, 2.05) is 0 Å². The summed E-state index contributed by atoms with van der Waals surface area (Å²) < 4.78 is 2.17. The van der Waals surface area contributed by atoms with Crippen LogP contribution in [0.3, 0.4) is 0 Å². The molecule has 2 N–H and O–H groups in total. The number of rotatable bonds is 1. The van der Waals surface area contributed by atoms with Crippen LogP contribution >= 0.6 is 0 Å². The van der Waals surface area contributed by atoms with Crippen LogP contribution < -0.4 is 5.73 Å². The highest BCUT2D eigenvalue weighted by Crippen LogP contribution is 2.38. The summed E-state index contributed by atoms with van der Waals surface area (Å²) in [4.78, 5) is 2.34. The number of likely N-dealkylation sites (N-methyl/N-ethyl adjacent to an activating group) is 1. The molecule has 0 amide bonds. The minimum Gasteiger partial charge on any atom is -0.382 e. The summed E-state index contributed by atoms with van der Waals surface area (Å²) in [6.45, 7) is 2.11. The molecule has 1 saturated carbocycles. The maximum atomic E-state index is 5.92. The van der Waals surface area contributed by atoms with E-state index in [0.717, 1.165) is 25.3 Å². The van der Waals surface area contributed by atoms with Crippen molar-refractivity contribution in [3.05, 3.63) is 11.3 Å². The van der Waals surface area contributed by atoms with Crippen LogP contribution in [0.15, 0.2) is 0 Å². The molecule has 1 aromatic heterocycles. The summed E-state index contributed by atoms with van der Waals surface area (Å²) in [7, 11) is 2.16. The van der Waals surface area contributed by atoms with Crippen LogP contribution in [-0.4, -0.2) is 28.3 Å². The first-order valence-corrected chi connectivity index (χ1v) is 5.30. The minimum atomic E-state index is 0.646. The van der Waals surface area contributed by atoms with Gasteiger partial charge in [0.2, 0.25) is 0 Å². The summed E-state index contributed by atoms with van der Waals surface area (Å²) in [5.41, 5.74) is 8.58. The summed E-state index contributed by atoms with van der Waals surface area (Å²) in [6.07, 6.45) is 3.61. The molecule has 2 aliphatic rings. The summed E-state index contributed by atoms with van der Waals surface area (Å²) in [5.74, 6) is 0.764. The Morgan fingerprint density at radius 2 is 2.21 bits per heavy atom. The minimum absolute atomic E-state index is 0.646. The largest absolute Gasteiger partial charge is 0.382 e. The van der Waals surface area contributed by atoms with Crippen molar-refractivity contribution in [2.45, 2.75) is 31.8 Å². The first kappa shape index (κ1) is 8.29. The molecule has 1 fully saturated rings. The van der Waals surface area contributed by atoms with Gasteiger partial charge in [-0.1, -0.05) is 0 Å². The molecule has 14 heavy (non-hydrogen) atoms. The van der Waals surface area contributed by atoms with Crippen molar-refractivity contribution in [2.24, 2.45) is 0 Å². The second-order valence-corrected chi connectivity index (χ2v) is 4.47. The SMILES string of the molecule is CN1CCc2c(N)nn(C3CC3)c2C1. The van der Waals surface area contributed by atoms with Gasteiger partial charge in [0.25, 0.3) is 0 Å². The molecule has 3 rings (SSSR count). The molecule has 4 heteroatoms. The van der Waals surface area contributed by atoms with Crippen molar-refractivity contribution in [1.29, 1.82) is 0 Å². The van der Waals surface area contributed by atoms with Gasteiger partial charge in [-0.2, -0.15) is 5.10 Å². The van der Waals surface area contributed by atoms with Gasteiger partial charge in [0.1, 0.15) is 5.82 Å². The fourth-order valence-corrected chi connectivity index (χ4v) is 2.22. The van der Waals surface area contributed by atoms with Gasteiger partial charge in [-0.25, -0.2) is 0 Å². The molecule has 0 spiro atoms. The monoisotopic (exact) mass is 192 g/mol. The van der Waals surface area contributed by atoms with Crippen LogP contribution in [-0.2, 0) is 13.0 Å². The van der Waals surface area contributed by atoms with Gasteiger partial charge < -0.3 is 10.6 Å². The first-order chi connectivity index (χ1) is 6.75. The number of fused-ring (bicyclic) bond motifs is 1. The van der Waals surface area contributed by atoms with Gasteiger partial charge in [0.15, 0.2) is 0 Å². The third-order valence-electron chi connectivity index (χ3n) is 3.21. The Morgan fingerprint density at radius 3 is 2.93 bits per heavy atom. The molecule has 0 saturated heterocycles. The van der Waals surface area contributed by atoms with Crippen molar-refractivity contribution in [3.63, 3.8) is 0 Å². The highest BCUT2D eigenvalue weighted by molar-refractivity contribution is 5.44. The number of nitrogens with two attached hydrogens (primary N) is 1. The third-order valence-corrected chi connectivity index (χ3v) is 3.21. The zero-order valence-corrected chi connectivity index (χ0v) is 8.53. The van der Waals surface area contributed by atoms with Gasteiger partial charge in [0, 0.05) is 18.7 Å². The van der Waals surface area contributed by atoms with E-state index in [1.54, 1.807) is 0 Å². The molecule has 0 bridgehead atoms. The van der Waals surface area contributed by atoms with Crippen molar-refractivity contribution < 1.29 is 0 Å². The molecule has 0 atom stereocenters. The Balaban J connectivity index is 2.05. The van der Waals surface area contributed by atoms with Crippen molar-refractivity contribution >= 4 is 5.82 Å². The molecule has 76 valence electrons. The highest BCUT2D eigenvalue weighted by atomic mass is 15.4. The standard InChI is InChI=1S/C10H16N4/c1-13-5-4-8-9(6-13)14(7-2-3-7)12-10(8)11/h7H,2-6H2,1H3,(H2,11,12). The van der Waals surface area contributed by atoms with E-state index < -0.39 is 0 Å². The molecule has 2 heterocycles. The third kappa shape index (κ3) is 1.14. The molecule has 0 aromatic carbocycles. The van der Waals surface area contributed by atoms with Gasteiger partial charge in [-0.15, -0.1) is 0 Å².